The lowest BCUT2D eigenvalue weighted by Gasteiger charge is -2.37. The first kappa shape index (κ1) is 16.1. The fraction of sp³-hybridized carbons (Fsp3) is 0.400. The molecule has 2 heterocycles. The van der Waals surface area contributed by atoms with Gasteiger partial charge in [-0.15, -0.1) is 11.3 Å². The van der Waals surface area contributed by atoms with Crippen molar-refractivity contribution < 1.29 is 18.7 Å². The molecule has 3 aliphatic carbocycles. The van der Waals surface area contributed by atoms with E-state index >= 15 is 0 Å². The maximum Gasteiger partial charge on any atom is 0.308 e. The van der Waals surface area contributed by atoms with Crippen molar-refractivity contribution in [1.29, 1.82) is 0 Å². The lowest BCUT2D eigenvalue weighted by molar-refractivity contribution is -0.131. The smallest absolute Gasteiger partial charge is 0.308 e. The van der Waals surface area contributed by atoms with Gasteiger partial charge >= 0.3 is 5.97 Å². The van der Waals surface area contributed by atoms with Gasteiger partial charge in [0.15, 0.2) is 10.8 Å². The minimum atomic E-state index is -0.789. The van der Waals surface area contributed by atoms with Crippen LogP contribution in [-0.2, 0) is 17.8 Å². The Labute approximate surface area is 154 Å². The third kappa shape index (κ3) is 2.51. The average Bonchev–Trinajstić information content (AvgIpc) is 3.17. The van der Waals surface area contributed by atoms with Crippen molar-refractivity contribution in [3.63, 3.8) is 0 Å². The van der Waals surface area contributed by atoms with E-state index in [4.69, 9.17) is 4.74 Å². The fourth-order valence-electron chi connectivity index (χ4n) is 4.19. The van der Waals surface area contributed by atoms with Crippen LogP contribution in [0.4, 0.5) is 4.39 Å². The van der Waals surface area contributed by atoms with Crippen LogP contribution in [0.1, 0.15) is 51.3 Å². The monoisotopic (exact) mass is 371 g/mol. The van der Waals surface area contributed by atoms with Gasteiger partial charge in [0.05, 0.1) is 0 Å². The molecule has 2 bridgehead atoms. The summed E-state index contributed by atoms with van der Waals surface area (Å²) in [6.07, 6.45) is 0.622. The fourth-order valence-corrected chi connectivity index (χ4v) is 5.24. The Morgan fingerprint density at radius 1 is 1.38 bits per heavy atom. The maximum atomic E-state index is 14.0. The second-order valence-corrected chi connectivity index (χ2v) is 8.42. The van der Waals surface area contributed by atoms with Gasteiger partial charge in [-0.05, 0) is 36.1 Å². The number of halogens is 1. The number of hydrogen-bond acceptors (Lipinski definition) is 5. The number of nitrogens with zero attached hydrogens (tertiary/aromatic N) is 1. The first-order chi connectivity index (χ1) is 12.5. The molecule has 0 radical (unpaired) electrons. The molecule has 0 saturated heterocycles. The molecule has 3 atom stereocenters. The lowest BCUT2D eigenvalue weighted by atomic mass is 9.82. The van der Waals surface area contributed by atoms with Crippen molar-refractivity contribution in [2.24, 2.45) is 5.92 Å². The summed E-state index contributed by atoms with van der Waals surface area (Å²) in [5.74, 6) is -0.269. The predicted octanol–water partition coefficient (Wildman–Crippen LogP) is 3.68. The van der Waals surface area contributed by atoms with Crippen LogP contribution < -0.4 is 4.74 Å². The largest absolute Gasteiger partial charge is 0.416 e. The maximum absolute atomic E-state index is 14.0. The SMILES string of the molecule is CC(=O)Oc1cc2c(s1)CCN(C(c1ccc3cc1C3=O)C1CC1F)C2. The summed E-state index contributed by atoms with van der Waals surface area (Å²) < 4.78 is 19.2. The Kier molecular flexibility index (Phi) is 3.56. The Bertz CT molecular complexity index is 933. The summed E-state index contributed by atoms with van der Waals surface area (Å²) in [4.78, 5) is 26.8. The van der Waals surface area contributed by atoms with Crippen molar-refractivity contribution >= 4 is 23.1 Å². The molecule has 1 aromatic carbocycles. The number of hydrogen-bond donors (Lipinski definition) is 0. The topological polar surface area (TPSA) is 46.6 Å². The first-order valence-corrected chi connectivity index (χ1v) is 9.69. The van der Waals surface area contributed by atoms with Crippen molar-refractivity contribution in [1.82, 2.24) is 4.90 Å². The number of rotatable bonds is 4. The van der Waals surface area contributed by atoms with Gasteiger partial charge in [0.2, 0.25) is 0 Å². The van der Waals surface area contributed by atoms with Gasteiger partial charge in [-0.1, -0.05) is 12.1 Å². The van der Waals surface area contributed by atoms with Gasteiger partial charge in [0.1, 0.15) is 6.17 Å². The van der Waals surface area contributed by atoms with Crippen LogP contribution in [0.25, 0.3) is 0 Å². The molecule has 4 aliphatic rings. The summed E-state index contributed by atoms with van der Waals surface area (Å²) in [5.41, 5.74) is 3.61. The number of carbonyl (C=O) groups excluding carboxylic acids is 2. The highest BCUT2D eigenvalue weighted by atomic mass is 32.1. The number of benzene rings is 1. The molecule has 2 aromatic rings. The highest BCUT2D eigenvalue weighted by molar-refractivity contribution is 7.14. The van der Waals surface area contributed by atoms with Crippen LogP contribution in [0.15, 0.2) is 24.3 Å². The van der Waals surface area contributed by atoms with Gasteiger partial charge < -0.3 is 4.74 Å². The molecule has 26 heavy (non-hydrogen) atoms. The number of thiophene rings is 1. The molecule has 6 rings (SSSR count). The number of esters is 1. The molecule has 1 fully saturated rings. The zero-order valence-electron chi connectivity index (χ0n) is 14.3. The Morgan fingerprint density at radius 2 is 2.19 bits per heavy atom. The molecule has 1 saturated carbocycles. The van der Waals surface area contributed by atoms with E-state index in [0.29, 0.717) is 18.0 Å². The van der Waals surface area contributed by atoms with Crippen LogP contribution in [0.5, 0.6) is 5.06 Å². The van der Waals surface area contributed by atoms with E-state index in [2.05, 4.69) is 4.90 Å². The van der Waals surface area contributed by atoms with Gasteiger partial charge in [0.25, 0.3) is 0 Å². The number of alkyl halides is 1. The summed E-state index contributed by atoms with van der Waals surface area (Å²) in [6.45, 7) is 2.91. The van der Waals surface area contributed by atoms with E-state index in [1.54, 1.807) is 0 Å². The van der Waals surface area contributed by atoms with Crippen molar-refractivity contribution in [3.8, 4) is 5.06 Å². The molecule has 134 valence electrons. The third-order valence-electron chi connectivity index (χ3n) is 5.55. The molecule has 0 spiro atoms. The molecule has 0 amide bonds. The van der Waals surface area contributed by atoms with E-state index in [1.165, 1.54) is 23.1 Å². The molecular formula is C20H18FNO3S. The molecule has 1 aromatic heterocycles. The molecule has 3 unspecified atom stereocenters. The highest BCUT2D eigenvalue weighted by Gasteiger charge is 2.48. The second-order valence-electron chi connectivity index (χ2n) is 7.32. The third-order valence-corrected chi connectivity index (χ3v) is 6.67. The Balaban J connectivity index is 1.45. The van der Waals surface area contributed by atoms with E-state index < -0.39 is 6.17 Å². The lowest BCUT2D eigenvalue weighted by Crippen LogP contribution is -2.36. The second kappa shape index (κ2) is 5.72. The average molecular weight is 371 g/mol. The first-order valence-electron chi connectivity index (χ1n) is 8.88. The van der Waals surface area contributed by atoms with Crippen LogP contribution in [0.2, 0.25) is 0 Å². The van der Waals surface area contributed by atoms with E-state index in [0.717, 1.165) is 35.2 Å². The van der Waals surface area contributed by atoms with Gasteiger partial charge in [0, 0.05) is 48.0 Å². The minimum Gasteiger partial charge on any atom is -0.416 e. The molecule has 4 nitrogen and oxygen atoms in total. The Morgan fingerprint density at radius 3 is 2.85 bits per heavy atom. The molecule has 6 heteroatoms. The van der Waals surface area contributed by atoms with Gasteiger partial charge in [-0.3, -0.25) is 14.5 Å². The zero-order chi connectivity index (χ0) is 18.0. The quantitative estimate of drug-likeness (QED) is 0.657. The van der Waals surface area contributed by atoms with Crippen LogP contribution in [0, 0.1) is 5.92 Å². The highest BCUT2D eigenvalue weighted by Crippen LogP contribution is 2.50. The van der Waals surface area contributed by atoms with E-state index in [-0.39, 0.29) is 23.7 Å². The van der Waals surface area contributed by atoms with Crippen LogP contribution in [0.3, 0.4) is 0 Å². The number of ketones is 1. The van der Waals surface area contributed by atoms with E-state index in [9.17, 15) is 14.0 Å². The Hall–Kier alpha value is -2.05. The van der Waals surface area contributed by atoms with Crippen LogP contribution >= 0.6 is 11.3 Å². The predicted molar refractivity (Wildman–Crippen MR) is 95.4 cm³/mol. The standard InChI is InChI=1S/C20H18FNO3S/c1-10(23)25-18-7-12-9-22(5-4-17(12)26-18)19(15-8-16(15)21)13-3-2-11-6-14(13)20(11)24/h2-3,6-7,15-16,19H,4-5,8-9H2,1H3. The van der Waals surface area contributed by atoms with Crippen molar-refractivity contribution in [2.45, 2.75) is 38.5 Å². The summed E-state index contributed by atoms with van der Waals surface area (Å²) in [6, 6.07) is 7.62. The number of carbonyl (C=O) groups is 2. The summed E-state index contributed by atoms with van der Waals surface area (Å²) in [5, 5.41) is 0.622. The summed E-state index contributed by atoms with van der Waals surface area (Å²) in [7, 11) is 0. The van der Waals surface area contributed by atoms with Crippen molar-refractivity contribution in [2.75, 3.05) is 6.54 Å². The van der Waals surface area contributed by atoms with E-state index in [1.807, 2.05) is 24.3 Å². The van der Waals surface area contributed by atoms with Crippen LogP contribution in [-0.4, -0.2) is 29.4 Å². The molecule has 0 N–H and O–H groups in total. The van der Waals surface area contributed by atoms with Gasteiger partial charge in [-0.25, -0.2) is 4.39 Å². The molecular weight excluding hydrogens is 353 g/mol. The van der Waals surface area contributed by atoms with Crippen molar-refractivity contribution in [3.05, 3.63) is 51.4 Å². The number of fused-ring (bicyclic) bond motifs is 3. The molecule has 1 aliphatic heterocycles. The normalized spacial score (nSPS) is 24.6. The van der Waals surface area contributed by atoms with Gasteiger partial charge in [-0.2, -0.15) is 0 Å². The number of ether oxygens (including phenoxy) is 1. The minimum absolute atomic E-state index is 0.0429. The summed E-state index contributed by atoms with van der Waals surface area (Å²) >= 11 is 1.51. The zero-order valence-corrected chi connectivity index (χ0v) is 15.1.